The zero-order chi connectivity index (χ0) is 12.8. The molecule has 0 saturated heterocycles. The molecule has 0 unspecified atom stereocenters. The van der Waals surface area contributed by atoms with E-state index in [4.69, 9.17) is 9.47 Å². The molecule has 1 aromatic rings. The Balaban J connectivity index is 3.11. The van der Waals surface area contributed by atoms with Gasteiger partial charge in [-0.1, -0.05) is 0 Å². The quantitative estimate of drug-likeness (QED) is 0.672. The van der Waals surface area contributed by atoms with E-state index in [1.807, 2.05) is 26.0 Å². The molecule has 1 rings (SSSR count). The van der Waals surface area contributed by atoms with Crippen LogP contribution < -0.4 is 14.9 Å². The first kappa shape index (κ1) is 13.8. The molecule has 1 N–H and O–H groups in total. The molecule has 0 aliphatic carbocycles. The van der Waals surface area contributed by atoms with Crippen molar-refractivity contribution >= 4 is 22.1 Å². The van der Waals surface area contributed by atoms with Crippen LogP contribution in [0, 0.1) is 0 Å². The predicted octanol–water partition coefficient (Wildman–Crippen LogP) is 2.80. The van der Waals surface area contributed by atoms with Crippen molar-refractivity contribution in [3.63, 3.8) is 0 Å². The van der Waals surface area contributed by atoms with Crippen molar-refractivity contribution in [3.05, 3.63) is 22.2 Å². The van der Waals surface area contributed by atoms with Gasteiger partial charge in [-0.15, -0.1) is 0 Å². The molecule has 0 bridgehead atoms. The van der Waals surface area contributed by atoms with Crippen LogP contribution in [0.2, 0.25) is 0 Å². The van der Waals surface area contributed by atoms with Gasteiger partial charge in [0.25, 0.3) is 0 Å². The summed E-state index contributed by atoms with van der Waals surface area (Å²) in [5.41, 5.74) is 3.63. The number of rotatable bonds is 5. The number of hydrogen-bond acceptors (Lipinski definition) is 4. The maximum Gasteiger partial charge on any atom is 0.175 e. The number of nitrogens with zero attached hydrogens (tertiary/aromatic N) is 1. The first-order valence-corrected chi connectivity index (χ1v) is 6.11. The maximum atomic E-state index is 5.69. The average Bonchev–Trinajstić information content (AvgIpc) is 2.28. The molecule has 0 atom stereocenters. The first-order chi connectivity index (χ1) is 8.08. The summed E-state index contributed by atoms with van der Waals surface area (Å²) in [5, 5.41) is 3.96. The molecule has 0 radical (unpaired) electrons. The minimum absolute atomic E-state index is 0.0945. The van der Waals surface area contributed by atoms with Crippen LogP contribution in [0.5, 0.6) is 11.5 Å². The molecule has 0 heterocycles. The number of halogens is 1. The lowest BCUT2D eigenvalue weighted by atomic mass is 10.2. The predicted molar refractivity (Wildman–Crippen MR) is 73.1 cm³/mol. The van der Waals surface area contributed by atoms with Crippen molar-refractivity contribution in [3.8, 4) is 11.5 Å². The van der Waals surface area contributed by atoms with E-state index < -0.39 is 0 Å². The van der Waals surface area contributed by atoms with Crippen molar-refractivity contribution in [2.75, 3.05) is 14.2 Å². The fourth-order valence-electron chi connectivity index (χ4n) is 1.30. The Labute approximate surface area is 110 Å². The molecule has 17 heavy (non-hydrogen) atoms. The van der Waals surface area contributed by atoms with Crippen molar-refractivity contribution in [2.45, 2.75) is 20.0 Å². The van der Waals surface area contributed by atoms with Gasteiger partial charge in [-0.2, -0.15) is 5.10 Å². The van der Waals surface area contributed by atoms with Crippen LogP contribution in [-0.4, -0.2) is 26.5 Å². The summed E-state index contributed by atoms with van der Waals surface area (Å²) < 4.78 is 11.9. The van der Waals surface area contributed by atoms with Gasteiger partial charge in [-0.3, -0.25) is 0 Å². The highest BCUT2D eigenvalue weighted by Crippen LogP contribution is 2.36. The number of methoxy groups -OCH3 is 1. The number of hydrogen-bond donors (Lipinski definition) is 1. The van der Waals surface area contributed by atoms with E-state index in [-0.39, 0.29) is 6.10 Å². The van der Waals surface area contributed by atoms with Gasteiger partial charge in [-0.05, 0) is 47.5 Å². The van der Waals surface area contributed by atoms with Crippen LogP contribution >= 0.6 is 15.9 Å². The normalized spacial score (nSPS) is 10.9. The third-order valence-corrected chi connectivity index (χ3v) is 2.54. The van der Waals surface area contributed by atoms with Crippen LogP contribution in [0.25, 0.3) is 0 Å². The summed E-state index contributed by atoms with van der Waals surface area (Å²) in [5.74, 6) is 1.40. The van der Waals surface area contributed by atoms with Gasteiger partial charge < -0.3 is 14.9 Å². The molecule has 0 spiro atoms. The zero-order valence-corrected chi connectivity index (χ0v) is 12.0. The average molecular weight is 301 g/mol. The van der Waals surface area contributed by atoms with Gasteiger partial charge in [0, 0.05) is 7.05 Å². The Morgan fingerprint density at radius 1 is 1.41 bits per heavy atom. The van der Waals surface area contributed by atoms with Crippen molar-refractivity contribution in [1.82, 2.24) is 5.43 Å². The number of hydrazone groups is 1. The summed E-state index contributed by atoms with van der Waals surface area (Å²) in [7, 11) is 3.37. The van der Waals surface area contributed by atoms with E-state index in [0.717, 1.165) is 10.0 Å². The van der Waals surface area contributed by atoms with E-state index >= 15 is 0 Å². The molecular formula is C12H17BrN2O2. The van der Waals surface area contributed by atoms with Crippen molar-refractivity contribution in [2.24, 2.45) is 5.10 Å². The number of benzene rings is 1. The highest BCUT2D eigenvalue weighted by molar-refractivity contribution is 9.10. The topological polar surface area (TPSA) is 42.9 Å². The second-order valence-corrected chi connectivity index (χ2v) is 4.54. The molecule has 1 aromatic carbocycles. The molecule has 0 fully saturated rings. The Kier molecular flexibility index (Phi) is 5.28. The second-order valence-electron chi connectivity index (χ2n) is 3.68. The highest BCUT2D eigenvalue weighted by Gasteiger charge is 2.12. The molecule has 94 valence electrons. The number of ether oxygens (including phenoxy) is 2. The van der Waals surface area contributed by atoms with Crippen LogP contribution in [-0.2, 0) is 0 Å². The van der Waals surface area contributed by atoms with Gasteiger partial charge in [-0.25, -0.2) is 0 Å². The summed E-state index contributed by atoms with van der Waals surface area (Å²) in [4.78, 5) is 0. The Hall–Kier alpha value is -1.23. The summed E-state index contributed by atoms with van der Waals surface area (Å²) in [6.45, 7) is 3.95. The summed E-state index contributed by atoms with van der Waals surface area (Å²) in [6, 6.07) is 3.81. The van der Waals surface area contributed by atoms with Gasteiger partial charge in [0.2, 0.25) is 0 Å². The molecule has 5 heteroatoms. The van der Waals surface area contributed by atoms with Gasteiger partial charge in [0.15, 0.2) is 11.5 Å². The lowest BCUT2D eigenvalue weighted by Gasteiger charge is -2.15. The van der Waals surface area contributed by atoms with Crippen LogP contribution in [0.15, 0.2) is 21.7 Å². The molecular weight excluding hydrogens is 284 g/mol. The van der Waals surface area contributed by atoms with Crippen LogP contribution in [0.3, 0.4) is 0 Å². The summed E-state index contributed by atoms with van der Waals surface area (Å²) in [6.07, 6.45) is 1.81. The highest BCUT2D eigenvalue weighted by atomic mass is 79.9. The lowest BCUT2D eigenvalue weighted by molar-refractivity contribution is 0.228. The monoisotopic (exact) mass is 300 g/mol. The summed E-state index contributed by atoms with van der Waals surface area (Å²) >= 11 is 3.47. The third kappa shape index (κ3) is 3.93. The maximum absolute atomic E-state index is 5.69. The smallest absolute Gasteiger partial charge is 0.175 e. The SMILES string of the molecule is CN/N=C/c1cc(Br)c(OC(C)C)c(OC)c1. The molecule has 4 nitrogen and oxygen atoms in total. The molecule has 0 amide bonds. The Bertz CT molecular complexity index is 406. The minimum Gasteiger partial charge on any atom is -0.493 e. The van der Waals surface area contributed by atoms with Crippen LogP contribution in [0.4, 0.5) is 0 Å². The van der Waals surface area contributed by atoms with E-state index in [1.165, 1.54) is 0 Å². The van der Waals surface area contributed by atoms with Crippen molar-refractivity contribution in [1.29, 1.82) is 0 Å². The third-order valence-electron chi connectivity index (χ3n) is 1.95. The Morgan fingerprint density at radius 2 is 2.12 bits per heavy atom. The van der Waals surface area contributed by atoms with Gasteiger partial charge in [0.05, 0.1) is 23.9 Å². The minimum atomic E-state index is 0.0945. The number of nitrogens with one attached hydrogen (secondary N) is 1. The fourth-order valence-corrected chi connectivity index (χ4v) is 1.86. The fraction of sp³-hybridized carbons (Fsp3) is 0.417. The first-order valence-electron chi connectivity index (χ1n) is 5.32. The molecule has 0 aliphatic rings. The van der Waals surface area contributed by atoms with Gasteiger partial charge in [0.1, 0.15) is 0 Å². The van der Waals surface area contributed by atoms with E-state index in [2.05, 4.69) is 26.5 Å². The van der Waals surface area contributed by atoms with Crippen LogP contribution in [0.1, 0.15) is 19.4 Å². The van der Waals surface area contributed by atoms with E-state index in [9.17, 15) is 0 Å². The molecule has 0 aromatic heterocycles. The van der Waals surface area contributed by atoms with E-state index in [0.29, 0.717) is 11.5 Å². The molecule has 0 aliphatic heterocycles. The second kappa shape index (κ2) is 6.49. The van der Waals surface area contributed by atoms with E-state index in [1.54, 1.807) is 20.4 Å². The molecule has 0 saturated carbocycles. The zero-order valence-electron chi connectivity index (χ0n) is 10.5. The van der Waals surface area contributed by atoms with Crippen molar-refractivity contribution < 1.29 is 9.47 Å². The van der Waals surface area contributed by atoms with Gasteiger partial charge >= 0.3 is 0 Å². The standard InChI is InChI=1S/C12H17BrN2O2/c1-8(2)17-12-10(13)5-9(7-15-14-3)6-11(12)16-4/h5-8,14H,1-4H3/b15-7+. The lowest BCUT2D eigenvalue weighted by Crippen LogP contribution is -2.07. The Morgan fingerprint density at radius 3 is 2.65 bits per heavy atom. The largest absolute Gasteiger partial charge is 0.493 e.